The predicted octanol–water partition coefficient (Wildman–Crippen LogP) is 4.17. The van der Waals surface area contributed by atoms with Crippen LogP contribution in [0.5, 0.6) is 0 Å². The Kier molecular flexibility index (Phi) is 3.17. The molecule has 0 atom stereocenters. The summed E-state index contributed by atoms with van der Waals surface area (Å²) in [5.41, 5.74) is 2.91. The molecule has 0 saturated heterocycles. The maximum atomic E-state index is 9.04. The van der Waals surface area contributed by atoms with Crippen molar-refractivity contribution in [3.8, 4) is 6.07 Å². The summed E-state index contributed by atoms with van der Waals surface area (Å²) in [6, 6.07) is 10.5. The van der Waals surface area contributed by atoms with E-state index in [9.17, 15) is 0 Å². The van der Waals surface area contributed by atoms with Crippen LogP contribution in [0.2, 0.25) is 0 Å². The topological polar surface area (TPSA) is 35.8 Å². The molecule has 0 aromatic heterocycles. The summed E-state index contributed by atoms with van der Waals surface area (Å²) in [4.78, 5) is 1.25. The summed E-state index contributed by atoms with van der Waals surface area (Å²) < 4.78 is 0.104. The van der Waals surface area contributed by atoms with Gasteiger partial charge >= 0.3 is 0 Å². The molecule has 2 nitrogen and oxygen atoms in total. The third kappa shape index (κ3) is 2.65. The van der Waals surface area contributed by atoms with Gasteiger partial charge in [0.2, 0.25) is 0 Å². The van der Waals surface area contributed by atoms with Crippen molar-refractivity contribution in [1.82, 2.24) is 0 Å². The van der Waals surface area contributed by atoms with Gasteiger partial charge in [0.1, 0.15) is 0 Å². The van der Waals surface area contributed by atoms with Gasteiger partial charge in [0, 0.05) is 27.3 Å². The molecule has 0 bridgehead atoms. The lowest BCUT2D eigenvalue weighted by Crippen LogP contribution is -2.16. The lowest BCUT2D eigenvalue weighted by molar-refractivity contribution is 0.705. The molecule has 1 aliphatic rings. The van der Waals surface area contributed by atoms with Crippen LogP contribution >= 0.6 is 11.8 Å². The molecule has 2 rings (SSSR count). The molecule has 1 heterocycles. The third-order valence-electron chi connectivity index (χ3n) is 2.78. The molecular formula is C14H16N2S. The van der Waals surface area contributed by atoms with E-state index in [0.717, 1.165) is 23.4 Å². The van der Waals surface area contributed by atoms with Gasteiger partial charge in [-0.25, -0.2) is 0 Å². The zero-order valence-electron chi connectivity index (χ0n) is 10.4. The van der Waals surface area contributed by atoms with Crippen LogP contribution in [0.15, 0.2) is 40.4 Å². The summed E-state index contributed by atoms with van der Waals surface area (Å²) in [6.45, 7) is 6.30. The first kappa shape index (κ1) is 12.1. The average molecular weight is 244 g/mol. The second-order valence-corrected chi connectivity index (χ2v) is 6.62. The molecule has 0 saturated carbocycles. The van der Waals surface area contributed by atoms with Gasteiger partial charge in [-0.05, 0) is 32.9 Å². The number of nitrogens with zero attached hydrogens (tertiary/aromatic N) is 1. The number of hydrogen-bond donors (Lipinski definition) is 1. The Hall–Kier alpha value is -1.40. The molecule has 1 aromatic rings. The highest BCUT2D eigenvalue weighted by Crippen LogP contribution is 2.44. The number of fused-ring (bicyclic) bond motifs is 1. The number of thioether (sulfide) groups is 1. The van der Waals surface area contributed by atoms with Gasteiger partial charge in [-0.3, -0.25) is 0 Å². The number of allylic oxidation sites excluding steroid dienone is 2. The van der Waals surface area contributed by atoms with Crippen molar-refractivity contribution in [2.75, 3.05) is 5.32 Å². The Morgan fingerprint density at radius 3 is 2.82 bits per heavy atom. The highest BCUT2D eigenvalue weighted by atomic mass is 32.2. The highest BCUT2D eigenvalue weighted by molar-refractivity contribution is 8.00. The van der Waals surface area contributed by atoms with Crippen LogP contribution in [-0.4, -0.2) is 4.75 Å². The Labute approximate surface area is 107 Å². The zero-order valence-corrected chi connectivity index (χ0v) is 11.2. The maximum absolute atomic E-state index is 9.04. The lowest BCUT2D eigenvalue weighted by atomic mass is 10.0. The predicted molar refractivity (Wildman–Crippen MR) is 72.9 cm³/mol. The van der Waals surface area contributed by atoms with Crippen LogP contribution < -0.4 is 5.32 Å². The van der Waals surface area contributed by atoms with Gasteiger partial charge in [0.15, 0.2) is 0 Å². The van der Waals surface area contributed by atoms with Gasteiger partial charge in [-0.15, -0.1) is 11.8 Å². The standard InChI is InChI=1S/C14H16N2S/c1-10(9-15)12-8-14(2,3)17-13-7-5-4-6-11(13)16-12/h4-7,16H,8H2,1-3H3. The van der Waals surface area contributed by atoms with Gasteiger partial charge in [-0.1, -0.05) is 12.1 Å². The molecule has 0 aliphatic carbocycles. The first-order valence-electron chi connectivity index (χ1n) is 5.67. The van der Waals surface area contributed by atoms with E-state index in [-0.39, 0.29) is 4.75 Å². The Morgan fingerprint density at radius 2 is 2.12 bits per heavy atom. The minimum atomic E-state index is 0.104. The molecule has 1 aliphatic heterocycles. The molecule has 17 heavy (non-hydrogen) atoms. The van der Waals surface area contributed by atoms with Crippen molar-refractivity contribution in [3.05, 3.63) is 35.5 Å². The quantitative estimate of drug-likeness (QED) is 0.696. The van der Waals surface area contributed by atoms with E-state index >= 15 is 0 Å². The number of hydrogen-bond acceptors (Lipinski definition) is 3. The zero-order chi connectivity index (χ0) is 12.5. The van der Waals surface area contributed by atoms with Crippen LogP contribution in [0.3, 0.4) is 0 Å². The van der Waals surface area contributed by atoms with Crippen LogP contribution in [0, 0.1) is 11.3 Å². The highest BCUT2D eigenvalue weighted by Gasteiger charge is 2.27. The maximum Gasteiger partial charge on any atom is 0.0962 e. The molecule has 3 heteroatoms. The van der Waals surface area contributed by atoms with Crippen LogP contribution in [0.25, 0.3) is 0 Å². The lowest BCUT2D eigenvalue weighted by Gasteiger charge is -2.22. The van der Waals surface area contributed by atoms with E-state index in [1.807, 2.05) is 24.8 Å². The summed E-state index contributed by atoms with van der Waals surface area (Å²) in [6.07, 6.45) is 0.881. The smallest absolute Gasteiger partial charge is 0.0962 e. The van der Waals surface area contributed by atoms with Crippen molar-refractivity contribution in [1.29, 1.82) is 5.26 Å². The fraction of sp³-hybridized carbons (Fsp3) is 0.357. The normalized spacial score (nSPS) is 20.6. The number of nitriles is 1. The van der Waals surface area contributed by atoms with Gasteiger partial charge in [-0.2, -0.15) is 5.26 Å². The molecule has 0 radical (unpaired) electrons. The van der Waals surface area contributed by atoms with Gasteiger partial charge in [0.25, 0.3) is 0 Å². The van der Waals surface area contributed by atoms with Crippen molar-refractivity contribution >= 4 is 17.4 Å². The number of anilines is 1. The molecule has 1 N–H and O–H groups in total. The molecular weight excluding hydrogens is 228 g/mol. The SMILES string of the molecule is CC(C#N)=C1CC(C)(C)Sc2ccccc2N1. The number of benzene rings is 1. The minimum absolute atomic E-state index is 0.104. The van der Waals surface area contributed by atoms with Crippen LogP contribution in [0.1, 0.15) is 27.2 Å². The van der Waals surface area contributed by atoms with Crippen LogP contribution in [-0.2, 0) is 0 Å². The fourth-order valence-corrected chi connectivity index (χ4v) is 3.11. The fourth-order valence-electron chi connectivity index (χ4n) is 1.92. The van der Waals surface area contributed by atoms with E-state index < -0.39 is 0 Å². The summed E-state index contributed by atoms with van der Waals surface area (Å²) in [7, 11) is 0. The Morgan fingerprint density at radius 1 is 1.41 bits per heavy atom. The summed E-state index contributed by atoms with van der Waals surface area (Å²) in [5.74, 6) is 0. The number of nitrogens with one attached hydrogen (secondary N) is 1. The third-order valence-corrected chi connectivity index (χ3v) is 4.05. The van der Waals surface area contributed by atoms with Crippen molar-refractivity contribution in [2.45, 2.75) is 36.8 Å². The second kappa shape index (κ2) is 4.46. The van der Waals surface area contributed by atoms with Gasteiger partial charge < -0.3 is 5.32 Å². The minimum Gasteiger partial charge on any atom is -0.357 e. The molecule has 0 fully saturated rings. The number of para-hydroxylation sites is 1. The molecule has 0 spiro atoms. The van der Waals surface area contributed by atoms with Gasteiger partial charge in [0.05, 0.1) is 11.8 Å². The molecule has 88 valence electrons. The summed E-state index contributed by atoms with van der Waals surface area (Å²) in [5, 5.41) is 12.4. The van der Waals surface area contributed by atoms with Crippen LogP contribution in [0.4, 0.5) is 5.69 Å². The van der Waals surface area contributed by atoms with E-state index in [1.54, 1.807) is 0 Å². The van der Waals surface area contributed by atoms with E-state index in [1.165, 1.54) is 4.90 Å². The first-order valence-corrected chi connectivity index (χ1v) is 6.48. The molecule has 0 unspecified atom stereocenters. The number of rotatable bonds is 0. The largest absolute Gasteiger partial charge is 0.357 e. The average Bonchev–Trinajstić information content (AvgIpc) is 2.42. The second-order valence-electron chi connectivity index (χ2n) is 4.88. The Bertz CT molecular complexity index is 509. The Balaban J connectivity index is 2.50. The molecule has 1 aromatic carbocycles. The first-order chi connectivity index (χ1) is 8.02. The van der Waals surface area contributed by atoms with E-state index in [4.69, 9.17) is 5.26 Å². The summed E-state index contributed by atoms with van der Waals surface area (Å²) >= 11 is 1.86. The monoisotopic (exact) mass is 244 g/mol. The van der Waals surface area contributed by atoms with Crippen molar-refractivity contribution in [3.63, 3.8) is 0 Å². The molecule has 0 amide bonds. The van der Waals surface area contributed by atoms with Crippen molar-refractivity contribution in [2.24, 2.45) is 0 Å². The van der Waals surface area contributed by atoms with E-state index in [0.29, 0.717) is 0 Å². The van der Waals surface area contributed by atoms with E-state index in [2.05, 4.69) is 43.4 Å². The van der Waals surface area contributed by atoms with Crippen molar-refractivity contribution < 1.29 is 0 Å².